The van der Waals surface area contributed by atoms with Crippen LogP contribution in [0.5, 0.6) is 0 Å². The number of benzene rings is 2. The first kappa shape index (κ1) is 14.4. The third-order valence-electron chi connectivity index (χ3n) is 3.70. The normalized spacial score (nSPS) is 11.2. The Bertz CT molecular complexity index is 778. The topological polar surface area (TPSA) is 17.8 Å². The van der Waals surface area contributed by atoms with E-state index in [4.69, 9.17) is 23.2 Å². The highest BCUT2D eigenvalue weighted by Crippen LogP contribution is 2.26. The molecule has 0 saturated heterocycles. The van der Waals surface area contributed by atoms with Crippen molar-refractivity contribution in [3.8, 4) is 0 Å². The van der Waals surface area contributed by atoms with Gasteiger partial charge in [0, 0.05) is 18.8 Å². The van der Waals surface area contributed by atoms with E-state index in [1.54, 1.807) is 0 Å². The lowest BCUT2D eigenvalue weighted by Crippen LogP contribution is -2.07. The SMILES string of the molecule is Cc1ccccc1Cn1c(CCCl)nc2cccc(Cl)c21. The van der Waals surface area contributed by atoms with E-state index in [0.717, 1.165) is 34.8 Å². The first-order chi connectivity index (χ1) is 10.2. The van der Waals surface area contributed by atoms with Gasteiger partial charge in [0.05, 0.1) is 16.1 Å². The maximum absolute atomic E-state index is 6.39. The molecule has 2 nitrogen and oxygen atoms in total. The van der Waals surface area contributed by atoms with Gasteiger partial charge in [-0.2, -0.15) is 0 Å². The highest BCUT2D eigenvalue weighted by molar-refractivity contribution is 6.35. The van der Waals surface area contributed by atoms with Gasteiger partial charge in [-0.25, -0.2) is 4.98 Å². The van der Waals surface area contributed by atoms with E-state index in [1.165, 1.54) is 11.1 Å². The summed E-state index contributed by atoms with van der Waals surface area (Å²) in [5.41, 5.74) is 4.45. The first-order valence-corrected chi connectivity index (χ1v) is 7.86. The molecule has 0 N–H and O–H groups in total. The third kappa shape index (κ3) is 2.78. The van der Waals surface area contributed by atoms with Crippen LogP contribution >= 0.6 is 23.2 Å². The van der Waals surface area contributed by atoms with E-state index >= 15 is 0 Å². The summed E-state index contributed by atoms with van der Waals surface area (Å²) < 4.78 is 2.18. The van der Waals surface area contributed by atoms with Crippen molar-refractivity contribution in [2.45, 2.75) is 19.9 Å². The molecule has 4 heteroatoms. The van der Waals surface area contributed by atoms with Gasteiger partial charge in [-0.1, -0.05) is 41.9 Å². The van der Waals surface area contributed by atoms with Gasteiger partial charge in [0.25, 0.3) is 0 Å². The van der Waals surface area contributed by atoms with Crippen LogP contribution in [0.4, 0.5) is 0 Å². The molecule has 0 unspecified atom stereocenters. The van der Waals surface area contributed by atoms with Crippen molar-refractivity contribution in [3.63, 3.8) is 0 Å². The van der Waals surface area contributed by atoms with Crippen LogP contribution in [0.1, 0.15) is 17.0 Å². The van der Waals surface area contributed by atoms with E-state index in [1.807, 2.05) is 18.2 Å². The van der Waals surface area contributed by atoms with Crippen molar-refractivity contribution >= 4 is 34.2 Å². The molecule has 1 heterocycles. The average Bonchev–Trinajstić information content (AvgIpc) is 2.81. The van der Waals surface area contributed by atoms with Crippen molar-refractivity contribution < 1.29 is 0 Å². The first-order valence-electron chi connectivity index (χ1n) is 6.95. The van der Waals surface area contributed by atoms with Crippen molar-refractivity contribution in [2.24, 2.45) is 0 Å². The number of fused-ring (bicyclic) bond motifs is 1. The van der Waals surface area contributed by atoms with E-state index in [2.05, 4.69) is 40.7 Å². The Labute approximate surface area is 134 Å². The number of nitrogens with zero attached hydrogens (tertiary/aromatic N) is 2. The van der Waals surface area contributed by atoms with E-state index in [0.29, 0.717) is 5.88 Å². The number of halogens is 2. The Morgan fingerprint density at radius 3 is 2.67 bits per heavy atom. The number of hydrogen-bond donors (Lipinski definition) is 0. The minimum atomic E-state index is 0.550. The molecule has 0 radical (unpaired) electrons. The van der Waals surface area contributed by atoms with E-state index < -0.39 is 0 Å². The van der Waals surface area contributed by atoms with Crippen molar-refractivity contribution in [2.75, 3.05) is 5.88 Å². The number of alkyl halides is 1. The van der Waals surface area contributed by atoms with Crippen molar-refractivity contribution in [3.05, 3.63) is 64.4 Å². The van der Waals surface area contributed by atoms with Gasteiger partial charge in [0.15, 0.2) is 0 Å². The van der Waals surface area contributed by atoms with Crippen LogP contribution in [0, 0.1) is 6.92 Å². The standard InChI is InChI=1S/C17H16Cl2N2/c1-12-5-2-3-6-13(12)11-21-16(9-10-18)20-15-8-4-7-14(19)17(15)21/h2-8H,9-11H2,1H3. The maximum atomic E-state index is 6.39. The molecular formula is C17H16Cl2N2. The zero-order valence-corrected chi connectivity index (χ0v) is 13.3. The van der Waals surface area contributed by atoms with Crippen LogP contribution in [-0.2, 0) is 13.0 Å². The number of hydrogen-bond acceptors (Lipinski definition) is 1. The van der Waals surface area contributed by atoms with Crippen LogP contribution < -0.4 is 0 Å². The fourth-order valence-electron chi connectivity index (χ4n) is 2.59. The molecule has 108 valence electrons. The van der Waals surface area contributed by atoms with Gasteiger partial charge in [-0.3, -0.25) is 0 Å². The largest absolute Gasteiger partial charge is 0.322 e. The van der Waals surface area contributed by atoms with Crippen molar-refractivity contribution in [1.82, 2.24) is 9.55 Å². The molecule has 0 aliphatic carbocycles. The van der Waals surface area contributed by atoms with Crippen LogP contribution in [0.25, 0.3) is 11.0 Å². The van der Waals surface area contributed by atoms with Crippen LogP contribution in [0.2, 0.25) is 5.02 Å². The fourth-order valence-corrected chi connectivity index (χ4v) is 3.03. The van der Waals surface area contributed by atoms with Gasteiger partial charge in [0.2, 0.25) is 0 Å². The summed E-state index contributed by atoms with van der Waals surface area (Å²) in [7, 11) is 0. The zero-order valence-electron chi connectivity index (χ0n) is 11.8. The van der Waals surface area contributed by atoms with Gasteiger partial charge < -0.3 is 4.57 Å². The summed E-state index contributed by atoms with van der Waals surface area (Å²) in [6.45, 7) is 2.89. The summed E-state index contributed by atoms with van der Waals surface area (Å²) in [6.07, 6.45) is 0.735. The maximum Gasteiger partial charge on any atom is 0.111 e. The quantitative estimate of drug-likeness (QED) is 0.630. The molecule has 0 spiro atoms. The second-order valence-corrected chi connectivity index (χ2v) is 5.87. The van der Waals surface area contributed by atoms with Gasteiger partial charge in [-0.05, 0) is 30.2 Å². The van der Waals surface area contributed by atoms with E-state index in [9.17, 15) is 0 Å². The summed E-state index contributed by atoms with van der Waals surface area (Å²) in [6, 6.07) is 14.2. The number of aromatic nitrogens is 2. The Kier molecular flexibility index (Phi) is 4.18. The predicted octanol–water partition coefficient (Wildman–Crippen LogP) is 4.83. The average molecular weight is 319 g/mol. The summed E-state index contributed by atoms with van der Waals surface area (Å²) >= 11 is 12.3. The van der Waals surface area contributed by atoms with Crippen LogP contribution in [0.15, 0.2) is 42.5 Å². The number of para-hydroxylation sites is 1. The molecule has 3 rings (SSSR count). The highest BCUT2D eigenvalue weighted by Gasteiger charge is 2.13. The molecule has 2 aromatic carbocycles. The Hall–Kier alpha value is -1.51. The molecule has 0 bridgehead atoms. The Morgan fingerprint density at radius 1 is 1.10 bits per heavy atom. The molecule has 0 aliphatic heterocycles. The molecule has 0 aliphatic rings. The second kappa shape index (κ2) is 6.08. The molecule has 0 fully saturated rings. The molecule has 3 aromatic rings. The van der Waals surface area contributed by atoms with Crippen LogP contribution in [-0.4, -0.2) is 15.4 Å². The lowest BCUT2D eigenvalue weighted by Gasteiger charge is -2.11. The minimum absolute atomic E-state index is 0.550. The van der Waals surface area contributed by atoms with Crippen molar-refractivity contribution in [1.29, 1.82) is 0 Å². The molecule has 1 aromatic heterocycles. The highest BCUT2D eigenvalue weighted by atomic mass is 35.5. The molecular weight excluding hydrogens is 303 g/mol. The smallest absolute Gasteiger partial charge is 0.111 e. The summed E-state index contributed by atoms with van der Waals surface area (Å²) in [5.74, 6) is 1.53. The molecule has 0 atom stereocenters. The monoisotopic (exact) mass is 318 g/mol. The number of rotatable bonds is 4. The molecule has 0 amide bonds. The number of aryl methyl sites for hydroxylation is 2. The predicted molar refractivity (Wildman–Crippen MR) is 89.4 cm³/mol. The Balaban J connectivity index is 2.15. The van der Waals surface area contributed by atoms with E-state index in [-0.39, 0.29) is 0 Å². The van der Waals surface area contributed by atoms with Gasteiger partial charge in [0.1, 0.15) is 5.82 Å². The molecule has 21 heavy (non-hydrogen) atoms. The van der Waals surface area contributed by atoms with Crippen LogP contribution in [0.3, 0.4) is 0 Å². The summed E-state index contributed by atoms with van der Waals surface area (Å²) in [4.78, 5) is 4.68. The lowest BCUT2D eigenvalue weighted by atomic mass is 10.1. The Morgan fingerprint density at radius 2 is 1.90 bits per heavy atom. The zero-order chi connectivity index (χ0) is 14.8. The minimum Gasteiger partial charge on any atom is -0.322 e. The fraction of sp³-hybridized carbons (Fsp3) is 0.235. The number of imidazole rings is 1. The second-order valence-electron chi connectivity index (χ2n) is 5.09. The van der Waals surface area contributed by atoms with Gasteiger partial charge in [-0.15, -0.1) is 11.6 Å². The molecule has 0 saturated carbocycles. The lowest BCUT2D eigenvalue weighted by molar-refractivity contribution is 0.751. The van der Waals surface area contributed by atoms with Gasteiger partial charge >= 0.3 is 0 Å². The summed E-state index contributed by atoms with van der Waals surface area (Å²) in [5, 5.41) is 0.731. The third-order valence-corrected chi connectivity index (χ3v) is 4.20.